The van der Waals surface area contributed by atoms with E-state index < -0.39 is 0 Å². The fourth-order valence-corrected chi connectivity index (χ4v) is 3.13. The van der Waals surface area contributed by atoms with E-state index in [1.165, 1.54) is 11.6 Å². The largest absolute Gasteiger partial charge is 0.490 e. The molecule has 0 radical (unpaired) electrons. The Hall–Kier alpha value is -1.59. The first-order valence-corrected chi connectivity index (χ1v) is 11.2. The summed E-state index contributed by atoms with van der Waals surface area (Å²) in [5.41, 5.74) is 1.88. The third kappa shape index (κ3) is 10.0. The third-order valence-electron chi connectivity index (χ3n) is 3.82. The lowest BCUT2D eigenvalue weighted by Crippen LogP contribution is -2.15. The molecule has 2 aromatic rings. The van der Waals surface area contributed by atoms with Gasteiger partial charge in [0.05, 0.1) is 22.9 Å². The minimum Gasteiger partial charge on any atom is -0.490 e. The molecule has 0 saturated heterocycles. The van der Waals surface area contributed by atoms with E-state index in [0.717, 1.165) is 18.4 Å². The molecule has 8 heteroatoms. The molecular formula is C23H25Cl4NO3. The van der Waals surface area contributed by atoms with Crippen LogP contribution in [0.5, 0.6) is 11.5 Å². The normalized spacial score (nSPS) is 11.5. The number of aryl methyl sites for hydroxylation is 1. The molecule has 0 aromatic heterocycles. The van der Waals surface area contributed by atoms with Crippen LogP contribution >= 0.6 is 46.4 Å². The van der Waals surface area contributed by atoms with Gasteiger partial charge in [0.1, 0.15) is 22.4 Å². The quantitative estimate of drug-likeness (QED) is 0.188. The van der Waals surface area contributed by atoms with Gasteiger partial charge in [0, 0.05) is 12.1 Å². The molecule has 4 nitrogen and oxygen atoms in total. The number of halogens is 4. The number of hydrogen-bond acceptors (Lipinski definition) is 4. The van der Waals surface area contributed by atoms with E-state index in [1.54, 1.807) is 18.3 Å². The van der Waals surface area contributed by atoms with Crippen LogP contribution in [-0.2, 0) is 11.3 Å². The topological polar surface area (TPSA) is 40.0 Å². The Morgan fingerprint density at radius 2 is 1.65 bits per heavy atom. The maximum atomic E-state index is 6.28. The van der Waals surface area contributed by atoms with Gasteiger partial charge in [-0.1, -0.05) is 75.8 Å². The number of ether oxygens (including phenoxy) is 2. The van der Waals surface area contributed by atoms with Crippen LogP contribution < -0.4 is 9.47 Å². The van der Waals surface area contributed by atoms with Gasteiger partial charge in [-0.3, -0.25) is 0 Å². The lowest BCUT2D eigenvalue weighted by atomic mass is 10.1. The van der Waals surface area contributed by atoms with Crippen LogP contribution in [0.15, 0.2) is 52.1 Å². The zero-order valence-electron chi connectivity index (χ0n) is 17.6. The van der Waals surface area contributed by atoms with Crippen molar-refractivity contribution in [3.05, 3.63) is 68.1 Å². The molecule has 31 heavy (non-hydrogen) atoms. The first kappa shape index (κ1) is 25.7. The van der Waals surface area contributed by atoms with Crippen LogP contribution in [0.25, 0.3) is 0 Å². The number of oxime groups is 1. The highest BCUT2D eigenvalue weighted by atomic mass is 35.5. The fourth-order valence-electron chi connectivity index (χ4n) is 2.42. The second kappa shape index (κ2) is 12.4. The highest BCUT2D eigenvalue weighted by Gasteiger charge is 2.11. The van der Waals surface area contributed by atoms with Gasteiger partial charge in [0.25, 0.3) is 0 Å². The second-order valence-electron chi connectivity index (χ2n) is 7.65. The van der Waals surface area contributed by atoms with Crippen molar-refractivity contribution in [1.29, 1.82) is 0 Å². The molecule has 0 fully saturated rings. The van der Waals surface area contributed by atoms with Gasteiger partial charge in [-0.2, -0.15) is 0 Å². The molecule has 0 bridgehead atoms. The molecule has 0 unspecified atom stereocenters. The molecule has 0 aliphatic heterocycles. The van der Waals surface area contributed by atoms with Crippen LogP contribution in [0.3, 0.4) is 0 Å². The summed E-state index contributed by atoms with van der Waals surface area (Å²) in [5.74, 6) is 0.941. The zero-order valence-corrected chi connectivity index (χ0v) is 20.7. The van der Waals surface area contributed by atoms with Gasteiger partial charge in [-0.05, 0) is 50.8 Å². The maximum absolute atomic E-state index is 6.28. The van der Waals surface area contributed by atoms with Crippen molar-refractivity contribution in [2.45, 2.75) is 39.2 Å². The number of nitrogens with zero attached hydrogens (tertiary/aromatic N) is 1. The first-order chi connectivity index (χ1) is 14.6. The Morgan fingerprint density at radius 1 is 1.00 bits per heavy atom. The number of hydrogen-bond donors (Lipinski definition) is 0. The Balaban J connectivity index is 1.81. The molecular weight excluding hydrogens is 480 g/mol. The van der Waals surface area contributed by atoms with Crippen molar-refractivity contribution in [3.63, 3.8) is 0 Å². The molecule has 0 amide bonds. The Labute approximate surface area is 203 Å². The van der Waals surface area contributed by atoms with E-state index in [1.807, 2.05) is 32.9 Å². The summed E-state index contributed by atoms with van der Waals surface area (Å²) < 4.78 is 11.4. The summed E-state index contributed by atoms with van der Waals surface area (Å²) in [5, 5.41) is 4.76. The van der Waals surface area contributed by atoms with Gasteiger partial charge in [0.15, 0.2) is 5.75 Å². The minimum atomic E-state index is -0.300. The van der Waals surface area contributed by atoms with Crippen LogP contribution in [0.1, 0.15) is 38.3 Å². The van der Waals surface area contributed by atoms with E-state index >= 15 is 0 Å². The molecule has 0 atom stereocenters. The number of rotatable bonds is 10. The van der Waals surface area contributed by atoms with Crippen molar-refractivity contribution in [1.82, 2.24) is 0 Å². The Bertz CT molecular complexity index is 879. The maximum Gasteiger partial charge on any atom is 0.156 e. The first-order valence-electron chi connectivity index (χ1n) is 9.70. The molecule has 0 N–H and O–H groups in total. The van der Waals surface area contributed by atoms with E-state index in [9.17, 15) is 0 Å². The summed E-state index contributed by atoms with van der Waals surface area (Å²) in [6, 6.07) is 11.4. The Morgan fingerprint density at radius 3 is 2.23 bits per heavy atom. The molecule has 168 valence electrons. The summed E-state index contributed by atoms with van der Waals surface area (Å²) >= 11 is 23.7. The SMILES string of the molecule is CC(C)(C)ON=Cc1ccc(CCCOc2c(Cl)cc(OCC=C(Cl)Cl)cc2Cl)cc1. The highest BCUT2D eigenvalue weighted by Crippen LogP contribution is 2.37. The van der Waals surface area contributed by atoms with E-state index in [0.29, 0.717) is 28.2 Å². The van der Waals surface area contributed by atoms with Crippen molar-refractivity contribution in [2.75, 3.05) is 13.2 Å². The average Bonchev–Trinajstić information content (AvgIpc) is 2.66. The van der Waals surface area contributed by atoms with Gasteiger partial charge in [0.2, 0.25) is 0 Å². The van der Waals surface area contributed by atoms with E-state index in [4.69, 9.17) is 60.7 Å². The van der Waals surface area contributed by atoms with Crippen LogP contribution in [-0.4, -0.2) is 25.0 Å². The lowest BCUT2D eigenvalue weighted by molar-refractivity contribution is 0.00199. The van der Waals surface area contributed by atoms with E-state index in [2.05, 4.69) is 17.3 Å². The monoisotopic (exact) mass is 503 g/mol. The Kier molecular flexibility index (Phi) is 10.3. The highest BCUT2D eigenvalue weighted by molar-refractivity contribution is 6.55. The average molecular weight is 505 g/mol. The van der Waals surface area contributed by atoms with Crippen molar-refractivity contribution < 1.29 is 14.3 Å². The molecule has 2 aromatic carbocycles. The zero-order chi connectivity index (χ0) is 22.9. The smallest absolute Gasteiger partial charge is 0.156 e. The molecule has 0 spiro atoms. The van der Waals surface area contributed by atoms with Gasteiger partial charge < -0.3 is 14.3 Å². The molecule has 0 aliphatic carbocycles. The summed E-state index contributed by atoms with van der Waals surface area (Å²) in [4.78, 5) is 5.35. The molecule has 2 rings (SSSR count). The second-order valence-corrected chi connectivity index (χ2v) is 9.47. The van der Waals surface area contributed by atoms with Gasteiger partial charge >= 0.3 is 0 Å². The van der Waals surface area contributed by atoms with Crippen LogP contribution in [0.4, 0.5) is 0 Å². The summed E-state index contributed by atoms with van der Waals surface area (Å²) in [6.45, 7) is 6.55. The standard InChI is InChI=1S/C23H25Cl4NO3/c1-23(2,3)31-28-15-17-8-6-16(7-9-17)5-4-11-30-22-19(24)13-18(14-20(22)25)29-12-10-21(26)27/h6-10,13-15H,4-5,11-12H2,1-3H3. The summed E-state index contributed by atoms with van der Waals surface area (Å²) in [6.07, 6.45) is 4.90. The van der Waals surface area contributed by atoms with Crippen molar-refractivity contribution in [3.8, 4) is 11.5 Å². The summed E-state index contributed by atoms with van der Waals surface area (Å²) in [7, 11) is 0. The van der Waals surface area contributed by atoms with E-state index in [-0.39, 0.29) is 16.7 Å². The van der Waals surface area contributed by atoms with Crippen LogP contribution in [0.2, 0.25) is 10.0 Å². The lowest BCUT2D eigenvalue weighted by Gasteiger charge is -2.14. The fraction of sp³-hybridized carbons (Fsp3) is 0.348. The molecule has 0 aliphatic rings. The minimum absolute atomic E-state index is 0.134. The van der Waals surface area contributed by atoms with Crippen LogP contribution in [0, 0.1) is 0 Å². The predicted octanol–water partition coefficient (Wildman–Crippen LogP) is 7.85. The van der Waals surface area contributed by atoms with Gasteiger partial charge in [-0.25, -0.2) is 0 Å². The third-order valence-corrected chi connectivity index (χ3v) is 4.69. The van der Waals surface area contributed by atoms with Crippen molar-refractivity contribution in [2.24, 2.45) is 5.16 Å². The van der Waals surface area contributed by atoms with Gasteiger partial charge in [-0.15, -0.1) is 0 Å². The molecule has 0 saturated carbocycles. The number of benzene rings is 2. The van der Waals surface area contributed by atoms with Crippen molar-refractivity contribution >= 4 is 52.6 Å². The molecule has 0 heterocycles. The predicted molar refractivity (Wildman–Crippen MR) is 130 cm³/mol.